The van der Waals surface area contributed by atoms with Crippen molar-refractivity contribution in [3.05, 3.63) is 29.3 Å². The Bertz CT molecular complexity index is 504. The van der Waals surface area contributed by atoms with Crippen LogP contribution in [-0.2, 0) is 6.54 Å². The number of hydrogen-bond acceptors (Lipinski definition) is 4. The van der Waals surface area contributed by atoms with Gasteiger partial charge in [-0.05, 0) is 51.0 Å². The van der Waals surface area contributed by atoms with Crippen LogP contribution >= 0.6 is 23.7 Å². The molecule has 1 aliphatic rings. The first-order valence-corrected chi connectivity index (χ1v) is 7.86. The van der Waals surface area contributed by atoms with Gasteiger partial charge in [0.2, 0.25) is 0 Å². The molecule has 3 nitrogen and oxygen atoms in total. The van der Waals surface area contributed by atoms with E-state index in [1.165, 1.54) is 42.2 Å². The molecular weight excluding hydrogens is 290 g/mol. The zero-order valence-electron chi connectivity index (χ0n) is 11.8. The molecule has 0 aliphatic carbocycles. The second-order valence-corrected chi connectivity index (χ2v) is 6.60. The fourth-order valence-corrected chi connectivity index (χ4v) is 3.85. The predicted octanol–water partition coefficient (Wildman–Crippen LogP) is 3.15. The van der Waals surface area contributed by atoms with E-state index in [0.29, 0.717) is 0 Å². The number of piperidine rings is 1. The minimum absolute atomic E-state index is 0. The number of fused-ring (bicyclic) bond motifs is 1. The third-order valence-electron chi connectivity index (χ3n) is 3.71. The summed E-state index contributed by atoms with van der Waals surface area (Å²) in [5.74, 6) is 0.799. The summed E-state index contributed by atoms with van der Waals surface area (Å²) < 4.78 is 1.30. The van der Waals surface area contributed by atoms with Crippen LogP contribution < -0.4 is 5.32 Å². The average Bonchev–Trinajstić information content (AvgIpc) is 2.81. The van der Waals surface area contributed by atoms with E-state index in [0.717, 1.165) is 18.0 Å². The van der Waals surface area contributed by atoms with Crippen LogP contribution in [0.1, 0.15) is 17.8 Å². The zero-order chi connectivity index (χ0) is 13.1. The normalized spacial score (nSPS) is 19.2. The first-order chi connectivity index (χ1) is 9.31. The number of para-hydroxylation sites is 1. The molecule has 1 unspecified atom stereocenters. The van der Waals surface area contributed by atoms with E-state index >= 15 is 0 Å². The molecule has 0 bridgehead atoms. The molecule has 110 valence electrons. The minimum Gasteiger partial charge on any atom is -0.316 e. The van der Waals surface area contributed by atoms with Gasteiger partial charge in [0.15, 0.2) is 0 Å². The van der Waals surface area contributed by atoms with Crippen LogP contribution in [0.4, 0.5) is 0 Å². The van der Waals surface area contributed by atoms with E-state index < -0.39 is 0 Å². The summed E-state index contributed by atoms with van der Waals surface area (Å²) in [6.45, 7) is 4.50. The Balaban J connectivity index is 0.00000147. The predicted molar refractivity (Wildman–Crippen MR) is 88.8 cm³/mol. The number of benzene rings is 1. The molecule has 2 aromatic rings. The SMILES string of the molecule is CN(Cc1nc2ccccc2s1)CC1CCCNC1.Cl. The van der Waals surface area contributed by atoms with Crippen LogP contribution in [0.25, 0.3) is 10.2 Å². The van der Waals surface area contributed by atoms with Crippen molar-refractivity contribution in [1.29, 1.82) is 0 Å². The lowest BCUT2D eigenvalue weighted by Crippen LogP contribution is -2.36. The maximum atomic E-state index is 4.71. The van der Waals surface area contributed by atoms with Gasteiger partial charge in [0.05, 0.1) is 16.8 Å². The average molecular weight is 312 g/mol. The molecule has 0 saturated carbocycles. The smallest absolute Gasteiger partial charge is 0.108 e. The van der Waals surface area contributed by atoms with E-state index in [-0.39, 0.29) is 12.4 Å². The maximum Gasteiger partial charge on any atom is 0.108 e. The summed E-state index contributed by atoms with van der Waals surface area (Å²) in [6, 6.07) is 8.40. The fraction of sp³-hybridized carbons (Fsp3) is 0.533. The molecule has 1 aliphatic heterocycles. The van der Waals surface area contributed by atoms with Crippen LogP contribution in [0.5, 0.6) is 0 Å². The Morgan fingerprint density at radius 1 is 1.40 bits per heavy atom. The molecular formula is C15H22ClN3S. The Morgan fingerprint density at radius 3 is 3.00 bits per heavy atom. The molecule has 20 heavy (non-hydrogen) atoms. The second-order valence-electron chi connectivity index (χ2n) is 5.48. The zero-order valence-corrected chi connectivity index (χ0v) is 13.5. The van der Waals surface area contributed by atoms with Crippen LogP contribution in [-0.4, -0.2) is 36.6 Å². The van der Waals surface area contributed by atoms with Gasteiger partial charge in [-0.25, -0.2) is 4.98 Å². The summed E-state index contributed by atoms with van der Waals surface area (Å²) in [5.41, 5.74) is 1.13. The van der Waals surface area contributed by atoms with Crippen molar-refractivity contribution >= 4 is 34.0 Å². The van der Waals surface area contributed by atoms with Gasteiger partial charge < -0.3 is 5.32 Å². The van der Waals surface area contributed by atoms with Crippen molar-refractivity contribution in [3.63, 3.8) is 0 Å². The lowest BCUT2D eigenvalue weighted by molar-refractivity contribution is 0.237. The van der Waals surface area contributed by atoms with Crippen molar-refractivity contribution in [2.75, 3.05) is 26.7 Å². The quantitative estimate of drug-likeness (QED) is 0.940. The molecule has 1 N–H and O–H groups in total. The van der Waals surface area contributed by atoms with E-state index in [9.17, 15) is 0 Å². The van der Waals surface area contributed by atoms with Gasteiger partial charge in [-0.1, -0.05) is 12.1 Å². The largest absolute Gasteiger partial charge is 0.316 e. The van der Waals surface area contributed by atoms with Crippen molar-refractivity contribution in [2.45, 2.75) is 19.4 Å². The van der Waals surface area contributed by atoms with Gasteiger partial charge in [0.25, 0.3) is 0 Å². The number of nitrogens with zero attached hydrogens (tertiary/aromatic N) is 2. The van der Waals surface area contributed by atoms with Crippen LogP contribution in [0.15, 0.2) is 24.3 Å². The van der Waals surface area contributed by atoms with E-state index in [1.807, 2.05) is 11.3 Å². The van der Waals surface area contributed by atoms with Crippen molar-refractivity contribution in [2.24, 2.45) is 5.92 Å². The standard InChI is InChI=1S/C15H21N3S.ClH/c1-18(10-12-5-4-8-16-9-12)11-15-17-13-6-2-3-7-14(13)19-15;/h2-3,6-7,12,16H,4-5,8-11H2,1H3;1H. The van der Waals surface area contributed by atoms with Gasteiger partial charge in [-0.15, -0.1) is 23.7 Å². The first kappa shape index (κ1) is 15.7. The van der Waals surface area contributed by atoms with Crippen molar-refractivity contribution in [1.82, 2.24) is 15.2 Å². The topological polar surface area (TPSA) is 28.2 Å². The van der Waals surface area contributed by atoms with Crippen LogP contribution in [0.2, 0.25) is 0 Å². The van der Waals surface area contributed by atoms with Crippen LogP contribution in [0.3, 0.4) is 0 Å². The molecule has 0 spiro atoms. The van der Waals surface area contributed by atoms with Gasteiger partial charge in [-0.2, -0.15) is 0 Å². The molecule has 1 atom stereocenters. The minimum atomic E-state index is 0. The van der Waals surface area contributed by atoms with E-state index in [2.05, 4.69) is 41.5 Å². The second kappa shape index (κ2) is 7.36. The van der Waals surface area contributed by atoms with Gasteiger partial charge >= 0.3 is 0 Å². The molecule has 3 rings (SSSR count). The summed E-state index contributed by atoms with van der Waals surface area (Å²) in [4.78, 5) is 7.12. The first-order valence-electron chi connectivity index (χ1n) is 7.05. The lowest BCUT2D eigenvalue weighted by atomic mass is 9.99. The number of hydrogen-bond donors (Lipinski definition) is 1. The van der Waals surface area contributed by atoms with Gasteiger partial charge in [-0.3, -0.25) is 4.90 Å². The monoisotopic (exact) mass is 311 g/mol. The highest BCUT2D eigenvalue weighted by molar-refractivity contribution is 7.18. The highest BCUT2D eigenvalue weighted by Crippen LogP contribution is 2.22. The molecule has 1 fully saturated rings. The Hall–Kier alpha value is -0.680. The number of rotatable bonds is 4. The highest BCUT2D eigenvalue weighted by Gasteiger charge is 2.15. The summed E-state index contributed by atoms with van der Waals surface area (Å²) >= 11 is 1.82. The Kier molecular flexibility index (Phi) is 5.78. The van der Waals surface area contributed by atoms with Gasteiger partial charge in [0.1, 0.15) is 5.01 Å². The molecule has 2 heterocycles. The lowest BCUT2D eigenvalue weighted by Gasteiger charge is -2.27. The molecule has 5 heteroatoms. The Labute approximate surface area is 130 Å². The molecule has 1 aromatic heterocycles. The summed E-state index contributed by atoms with van der Waals surface area (Å²) in [7, 11) is 2.21. The van der Waals surface area contributed by atoms with E-state index in [1.54, 1.807) is 0 Å². The van der Waals surface area contributed by atoms with Crippen molar-refractivity contribution < 1.29 is 0 Å². The summed E-state index contributed by atoms with van der Waals surface area (Å²) in [6.07, 6.45) is 2.68. The van der Waals surface area contributed by atoms with Crippen LogP contribution in [0, 0.1) is 5.92 Å². The maximum absolute atomic E-state index is 4.71. The van der Waals surface area contributed by atoms with Gasteiger partial charge in [0, 0.05) is 6.54 Å². The fourth-order valence-electron chi connectivity index (χ4n) is 2.80. The third-order valence-corrected chi connectivity index (χ3v) is 4.73. The third kappa shape index (κ3) is 3.92. The molecule has 0 radical (unpaired) electrons. The van der Waals surface area contributed by atoms with E-state index in [4.69, 9.17) is 4.98 Å². The molecule has 1 saturated heterocycles. The summed E-state index contributed by atoms with van der Waals surface area (Å²) in [5, 5.41) is 4.71. The van der Waals surface area contributed by atoms with Crippen molar-refractivity contribution in [3.8, 4) is 0 Å². The number of aromatic nitrogens is 1. The molecule has 1 aromatic carbocycles. The Morgan fingerprint density at radius 2 is 2.25 bits per heavy atom. The highest BCUT2D eigenvalue weighted by atomic mass is 35.5. The molecule has 0 amide bonds. The number of halogens is 1. The number of nitrogens with one attached hydrogen (secondary N) is 1. The number of thiazole rings is 1.